The smallest absolute Gasteiger partial charge is 0.400 e. The van der Waals surface area contributed by atoms with Crippen molar-refractivity contribution in [2.24, 2.45) is 5.92 Å². The monoisotopic (exact) mass is 428 g/mol. The van der Waals surface area contributed by atoms with Crippen LogP contribution >= 0.6 is 23.5 Å². The molecule has 3 atom stereocenters. The van der Waals surface area contributed by atoms with Gasteiger partial charge in [-0.3, -0.25) is 0 Å². The Morgan fingerprint density at radius 1 is 1.28 bits per heavy atom. The van der Waals surface area contributed by atoms with Gasteiger partial charge in [0.2, 0.25) is 0 Å². The van der Waals surface area contributed by atoms with Gasteiger partial charge < -0.3 is 9.47 Å². The van der Waals surface area contributed by atoms with Gasteiger partial charge in [0, 0.05) is 31.2 Å². The lowest BCUT2D eigenvalue weighted by atomic mass is 9.88. The number of aromatic nitrogens is 2. The summed E-state index contributed by atoms with van der Waals surface area (Å²) in [5.74, 6) is -1.87. The van der Waals surface area contributed by atoms with E-state index in [1.165, 1.54) is 11.7 Å². The first-order valence-corrected chi connectivity index (χ1v) is 11.0. The summed E-state index contributed by atoms with van der Waals surface area (Å²) in [6, 6.07) is 9.70. The fourth-order valence-corrected chi connectivity index (χ4v) is 6.01. The minimum atomic E-state index is -1.24. The highest BCUT2D eigenvalue weighted by Gasteiger charge is 2.59. The number of benzene rings is 1. The van der Waals surface area contributed by atoms with E-state index < -0.39 is 17.8 Å². The van der Waals surface area contributed by atoms with Crippen molar-refractivity contribution in [1.82, 2.24) is 13.6 Å². The fraction of sp³-hybridized carbons (Fsp3) is 0.421. The van der Waals surface area contributed by atoms with Crippen molar-refractivity contribution in [2.75, 3.05) is 13.1 Å². The zero-order valence-electron chi connectivity index (χ0n) is 15.2. The van der Waals surface area contributed by atoms with Crippen LogP contribution < -0.4 is 0 Å². The van der Waals surface area contributed by atoms with Crippen LogP contribution in [0.3, 0.4) is 0 Å². The average molecular weight is 428 g/mol. The number of rotatable bonds is 4. The third-order valence-corrected chi connectivity index (χ3v) is 7.40. The van der Waals surface area contributed by atoms with E-state index in [4.69, 9.17) is 14.7 Å². The molecule has 4 heterocycles. The summed E-state index contributed by atoms with van der Waals surface area (Å²) >= 11 is 2.80. The maximum Gasteiger partial charge on any atom is 0.421 e. The highest BCUT2D eigenvalue weighted by Crippen LogP contribution is 2.48. The number of hydrogen-bond donors (Lipinski definition) is 0. The van der Waals surface area contributed by atoms with Crippen LogP contribution in [0, 0.1) is 17.2 Å². The second-order valence-corrected chi connectivity index (χ2v) is 8.85. The average Bonchev–Trinajstić information content (AvgIpc) is 3.41. The van der Waals surface area contributed by atoms with Crippen molar-refractivity contribution >= 4 is 35.4 Å². The molecule has 148 valence electrons. The molecule has 1 spiro atoms. The Balaban J connectivity index is 1.32. The number of piperidine rings is 1. The van der Waals surface area contributed by atoms with Crippen molar-refractivity contribution < 1.29 is 19.1 Å². The lowest BCUT2D eigenvalue weighted by molar-refractivity contribution is -0.257. The molecule has 29 heavy (non-hydrogen) atoms. The summed E-state index contributed by atoms with van der Waals surface area (Å²) < 4.78 is 19.7. The molecule has 2 aromatic rings. The molecule has 3 unspecified atom stereocenters. The van der Waals surface area contributed by atoms with Gasteiger partial charge in [0.15, 0.2) is 0 Å². The highest BCUT2D eigenvalue weighted by atomic mass is 32.2. The third kappa shape index (κ3) is 3.19. The number of ether oxygens (including phenoxy) is 2. The SMILES string of the molecule is N#Cc1cccc(CSc2nsnc2C2CN3CC2CCC32OC(=O)C(=O)O2)c1. The fourth-order valence-electron chi connectivity index (χ4n) is 4.30. The number of nitrogens with zero attached hydrogens (tertiary/aromatic N) is 4. The van der Waals surface area contributed by atoms with Crippen molar-refractivity contribution in [1.29, 1.82) is 5.26 Å². The molecular formula is C19H16N4O4S2. The molecule has 3 aliphatic heterocycles. The van der Waals surface area contributed by atoms with Crippen LogP contribution in [-0.4, -0.2) is 44.6 Å². The Bertz CT molecular complexity index is 1020. The van der Waals surface area contributed by atoms with Gasteiger partial charge in [0.1, 0.15) is 5.03 Å². The summed E-state index contributed by atoms with van der Waals surface area (Å²) in [6.07, 6.45) is 1.26. The van der Waals surface area contributed by atoms with Gasteiger partial charge in [0.25, 0.3) is 0 Å². The number of fused-ring (bicyclic) bond motifs is 3. The minimum absolute atomic E-state index is 0.152. The molecule has 0 saturated carbocycles. The zero-order chi connectivity index (χ0) is 20.0. The van der Waals surface area contributed by atoms with Crippen molar-refractivity contribution in [2.45, 2.75) is 35.4 Å². The lowest BCUT2D eigenvalue weighted by Gasteiger charge is -2.37. The highest BCUT2D eigenvalue weighted by molar-refractivity contribution is 7.98. The van der Waals surface area contributed by atoms with Crippen LogP contribution in [0.2, 0.25) is 0 Å². The maximum atomic E-state index is 11.6. The standard InChI is InChI=1S/C19H16N4O4S2/c20-7-11-2-1-3-12(6-11)10-28-16-15(21-29-22-16)14-9-23-8-13(14)4-5-19(23)26-17(24)18(25)27-19/h1-3,6,13-14H,4-5,8-10H2. The summed E-state index contributed by atoms with van der Waals surface area (Å²) in [5, 5.41) is 9.96. The second kappa shape index (κ2) is 7.09. The first-order chi connectivity index (χ1) is 14.1. The Labute approximate surface area is 175 Å². The van der Waals surface area contributed by atoms with Crippen molar-refractivity contribution in [3.8, 4) is 6.07 Å². The molecule has 1 aromatic carbocycles. The molecule has 1 aromatic heterocycles. The summed E-state index contributed by atoms with van der Waals surface area (Å²) in [4.78, 5) is 25.1. The van der Waals surface area contributed by atoms with Crippen LogP contribution in [0.1, 0.15) is 35.6 Å². The normalized spacial score (nSPS) is 26.9. The van der Waals surface area contributed by atoms with Crippen LogP contribution in [-0.2, 0) is 24.8 Å². The van der Waals surface area contributed by atoms with Gasteiger partial charge in [-0.05, 0) is 30.0 Å². The first kappa shape index (κ1) is 18.5. The van der Waals surface area contributed by atoms with E-state index in [1.807, 2.05) is 23.1 Å². The van der Waals surface area contributed by atoms with Gasteiger partial charge in [-0.25, -0.2) is 14.5 Å². The number of hydrogen-bond acceptors (Lipinski definition) is 10. The van der Waals surface area contributed by atoms with E-state index in [9.17, 15) is 9.59 Å². The first-order valence-electron chi connectivity index (χ1n) is 9.23. The molecule has 10 heteroatoms. The van der Waals surface area contributed by atoms with Gasteiger partial charge in [-0.1, -0.05) is 23.9 Å². The molecule has 3 fully saturated rings. The molecule has 5 rings (SSSR count). The maximum absolute atomic E-state index is 11.6. The van der Waals surface area contributed by atoms with Crippen LogP contribution in [0.4, 0.5) is 0 Å². The molecule has 0 amide bonds. The number of nitriles is 1. The van der Waals surface area contributed by atoms with Crippen molar-refractivity contribution in [3.05, 3.63) is 41.1 Å². The number of carbonyl (C=O) groups excluding carboxylic acids is 2. The van der Waals surface area contributed by atoms with Gasteiger partial charge >= 0.3 is 17.8 Å². The van der Waals surface area contributed by atoms with E-state index in [1.54, 1.807) is 17.8 Å². The predicted octanol–water partition coefficient (Wildman–Crippen LogP) is 2.27. The minimum Gasteiger partial charge on any atom is -0.400 e. The molecule has 8 nitrogen and oxygen atoms in total. The Morgan fingerprint density at radius 2 is 2.10 bits per heavy atom. The van der Waals surface area contributed by atoms with E-state index in [2.05, 4.69) is 14.8 Å². The van der Waals surface area contributed by atoms with E-state index >= 15 is 0 Å². The number of carbonyl (C=O) groups is 2. The molecule has 3 saturated heterocycles. The lowest BCUT2D eigenvalue weighted by Crippen LogP contribution is -2.51. The molecule has 0 radical (unpaired) electrons. The Kier molecular flexibility index (Phi) is 4.53. The van der Waals surface area contributed by atoms with Crippen molar-refractivity contribution in [3.63, 3.8) is 0 Å². The van der Waals surface area contributed by atoms with Crippen LogP contribution in [0.25, 0.3) is 0 Å². The van der Waals surface area contributed by atoms with E-state index in [0.717, 1.165) is 22.7 Å². The van der Waals surface area contributed by atoms with Gasteiger partial charge in [-0.15, -0.1) is 0 Å². The van der Waals surface area contributed by atoms with Crippen LogP contribution in [0.5, 0.6) is 0 Å². The molecular weight excluding hydrogens is 412 g/mol. The second-order valence-electron chi connectivity index (χ2n) is 7.36. The van der Waals surface area contributed by atoms with Crippen LogP contribution in [0.15, 0.2) is 29.3 Å². The topological polar surface area (TPSA) is 105 Å². The Morgan fingerprint density at radius 3 is 2.90 bits per heavy atom. The largest absolute Gasteiger partial charge is 0.421 e. The van der Waals surface area contributed by atoms with E-state index in [0.29, 0.717) is 36.7 Å². The number of esters is 2. The van der Waals surface area contributed by atoms with Gasteiger partial charge in [0.05, 0.1) is 29.1 Å². The van der Waals surface area contributed by atoms with E-state index in [-0.39, 0.29) is 5.92 Å². The summed E-state index contributed by atoms with van der Waals surface area (Å²) in [7, 11) is 0. The Hall–Kier alpha value is -2.48. The van der Waals surface area contributed by atoms with Gasteiger partial charge in [-0.2, -0.15) is 14.0 Å². The molecule has 2 bridgehead atoms. The zero-order valence-corrected chi connectivity index (χ0v) is 16.9. The number of thioether (sulfide) groups is 1. The molecule has 0 aliphatic carbocycles. The quantitative estimate of drug-likeness (QED) is 0.412. The summed E-state index contributed by atoms with van der Waals surface area (Å²) in [5.41, 5.74) is 2.66. The predicted molar refractivity (Wildman–Crippen MR) is 103 cm³/mol. The third-order valence-electron chi connectivity index (χ3n) is 5.69. The summed E-state index contributed by atoms with van der Waals surface area (Å²) in [6.45, 7) is 1.30. The molecule has 0 N–H and O–H groups in total. The molecule has 3 aliphatic rings.